The second-order valence-corrected chi connectivity index (χ2v) is 6.01. The Hall–Kier alpha value is -2.14. The summed E-state index contributed by atoms with van der Waals surface area (Å²) < 4.78 is 3.04. The summed E-state index contributed by atoms with van der Waals surface area (Å²) in [6, 6.07) is 11.8. The average Bonchev–Trinajstić information content (AvgIpc) is 2.75. The second-order valence-electron chi connectivity index (χ2n) is 5.22. The van der Waals surface area contributed by atoms with Crippen molar-refractivity contribution in [1.82, 2.24) is 9.55 Å². The third kappa shape index (κ3) is 2.64. The van der Waals surface area contributed by atoms with Crippen molar-refractivity contribution in [2.24, 2.45) is 0 Å². The molecule has 0 saturated heterocycles. The van der Waals surface area contributed by atoms with Gasteiger partial charge in [0.15, 0.2) is 0 Å². The van der Waals surface area contributed by atoms with Crippen molar-refractivity contribution in [3.8, 4) is 0 Å². The Balaban J connectivity index is 1.89. The number of aromatic nitrogens is 2. The number of anilines is 1. The highest BCUT2D eigenvalue weighted by Crippen LogP contribution is 2.30. The fourth-order valence-corrected chi connectivity index (χ4v) is 3.07. The first-order valence-electron chi connectivity index (χ1n) is 7.02. The minimum Gasteiger partial charge on any atom is -0.334 e. The lowest BCUT2D eigenvalue weighted by atomic mass is 10.2. The van der Waals surface area contributed by atoms with Gasteiger partial charge in [-0.1, -0.05) is 24.3 Å². The Morgan fingerprint density at radius 3 is 2.77 bits per heavy atom. The molecule has 3 rings (SSSR count). The lowest BCUT2D eigenvalue weighted by Gasteiger charge is -2.10. The molecule has 3 aromatic rings. The third-order valence-corrected chi connectivity index (χ3v) is 4.72. The maximum absolute atomic E-state index is 12.4. The number of carbonyl (C=O) groups excluding carboxylic acids is 1. The van der Waals surface area contributed by atoms with Gasteiger partial charge in [-0.3, -0.25) is 4.79 Å². The number of nitrogens with zero attached hydrogens (tertiary/aromatic N) is 2. The Morgan fingerprint density at radius 1 is 1.23 bits per heavy atom. The molecular formula is C17H16BrN3O. The summed E-state index contributed by atoms with van der Waals surface area (Å²) in [4.78, 5) is 16.6. The van der Waals surface area contributed by atoms with E-state index in [1.54, 1.807) is 6.20 Å². The molecule has 0 aliphatic rings. The van der Waals surface area contributed by atoms with Crippen LogP contribution in [0.4, 0.5) is 5.82 Å². The van der Waals surface area contributed by atoms with E-state index >= 15 is 0 Å². The number of para-hydroxylation sites is 1. The van der Waals surface area contributed by atoms with Crippen molar-refractivity contribution < 1.29 is 4.79 Å². The van der Waals surface area contributed by atoms with E-state index in [1.165, 1.54) is 0 Å². The number of aryl methyl sites for hydroxylation is 1. The van der Waals surface area contributed by atoms with Crippen molar-refractivity contribution in [3.63, 3.8) is 0 Å². The Morgan fingerprint density at radius 2 is 2.00 bits per heavy atom. The highest BCUT2D eigenvalue weighted by Gasteiger charge is 2.14. The van der Waals surface area contributed by atoms with Crippen LogP contribution in [0.1, 0.15) is 11.3 Å². The summed E-state index contributed by atoms with van der Waals surface area (Å²) in [7, 11) is 0. The predicted molar refractivity (Wildman–Crippen MR) is 92.0 cm³/mol. The highest BCUT2D eigenvalue weighted by atomic mass is 79.9. The SMILES string of the molecule is Cc1cccnc1NC(=O)Cn1c(C)c(Br)c2ccccc21. The molecule has 2 aromatic heterocycles. The van der Waals surface area contributed by atoms with Gasteiger partial charge in [0.05, 0.1) is 0 Å². The summed E-state index contributed by atoms with van der Waals surface area (Å²) in [6.45, 7) is 4.19. The molecule has 0 saturated carbocycles. The number of carbonyl (C=O) groups is 1. The molecule has 0 bridgehead atoms. The summed E-state index contributed by atoms with van der Waals surface area (Å²) in [5.74, 6) is 0.527. The molecule has 0 unspecified atom stereocenters. The summed E-state index contributed by atoms with van der Waals surface area (Å²) in [5, 5.41) is 3.99. The highest BCUT2D eigenvalue weighted by molar-refractivity contribution is 9.10. The molecule has 5 heteroatoms. The van der Waals surface area contributed by atoms with Gasteiger partial charge in [-0.15, -0.1) is 0 Å². The quantitative estimate of drug-likeness (QED) is 0.768. The van der Waals surface area contributed by atoms with Crippen LogP contribution in [-0.2, 0) is 11.3 Å². The lowest BCUT2D eigenvalue weighted by Crippen LogP contribution is -2.20. The first kappa shape index (κ1) is 14.8. The van der Waals surface area contributed by atoms with Gasteiger partial charge in [-0.25, -0.2) is 4.98 Å². The Labute approximate surface area is 137 Å². The molecule has 0 aliphatic carbocycles. The molecule has 112 valence electrons. The Bertz CT molecular complexity index is 854. The van der Waals surface area contributed by atoms with Crippen LogP contribution in [0.3, 0.4) is 0 Å². The molecule has 0 atom stereocenters. The van der Waals surface area contributed by atoms with Crippen LogP contribution in [0.5, 0.6) is 0 Å². The van der Waals surface area contributed by atoms with Crippen LogP contribution in [0, 0.1) is 13.8 Å². The number of amides is 1. The van der Waals surface area contributed by atoms with Gasteiger partial charge in [0, 0.05) is 27.3 Å². The number of fused-ring (bicyclic) bond motifs is 1. The molecule has 22 heavy (non-hydrogen) atoms. The van der Waals surface area contributed by atoms with Crippen molar-refractivity contribution in [1.29, 1.82) is 0 Å². The minimum atomic E-state index is -0.0850. The maximum Gasteiger partial charge on any atom is 0.245 e. The van der Waals surface area contributed by atoms with E-state index in [0.29, 0.717) is 5.82 Å². The Kier molecular flexibility index (Phi) is 3.98. The molecule has 0 spiro atoms. The lowest BCUT2D eigenvalue weighted by molar-refractivity contribution is -0.116. The van der Waals surface area contributed by atoms with E-state index in [1.807, 2.05) is 54.8 Å². The molecule has 4 nitrogen and oxygen atoms in total. The van der Waals surface area contributed by atoms with Crippen molar-refractivity contribution in [3.05, 3.63) is 58.3 Å². The normalized spacial score (nSPS) is 10.9. The van der Waals surface area contributed by atoms with E-state index in [0.717, 1.165) is 26.6 Å². The van der Waals surface area contributed by atoms with Gasteiger partial charge in [0.1, 0.15) is 12.4 Å². The molecule has 0 fully saturated rings. The second kappa shape index (κ2) is 5.93. The zero-order chi connectivity index (χ0) is 15.7. The van der Waals surface area contributed by atoms with Gasteiger partial charge < -0.3 is 9.88 Å². The molecular weight excluding hydrogens is 342 g/mol. The fourth-order valence-electron chi connectivity index (χ4n) is 2.52. The largest absolute Gasteiger partial charge is 0.334 e. The summed E-state index contributed by atoms with van der Waals surface area (Å²) in [6.07, 6.45) is 1.68. The van der Waals surface area contributed by atoms with Gasteiger partial charge in [-0.2, -0.15) is 0 Å². The topological polar surface area (TPSA) is 46.9 Å². The minimum absolute atomic E-state index is 0.0850. The number of pyridine rings is 1. The number of benzene rings is 1. The van der Waals surface area contributed by atoms with E-state index < -0.39 is 0 Å². The van der Waals surface area contributed by atoms with E-state index in [-0.39, 0.29) is 12.5 Å². The van der Waals surface area contributed by atoms with Crippen LogP contribution in [0.2, 0.25) is 0 Å². The van der Waals surface area contributed by atoms with E-state index in [2.05, 4.69) is 26.2 Å². The zero-order valence-corrected chi connectivity index (χ0v) is 14.0. The van der Waals surface area contributed by atoms with Gasteiger partial charge >= 0.3 is 0 Å². The van der Waals surface area contributed by atoms with E-state index in [9.17, 15) is 4.79 Å². The molecule has 2 heterocycles. The predicted octanol–water partition coefficient (Wildman–Crippen LogP) is 4.05. The first-order chi connectivity index (χ1) is 10.6. The maximum atomic E-state index is 12.4. The zero-order valence-electron chi connectivity index (χ0n) is 12.4. The van der Waals surface area contributed by atoms with E-state index in [4.69, 9.17) is 0 Å². The van der Waals surface area contributed by atoms with Gasteiger partial charge in [-0.05, 0) is 47.5 Å². The third-order valence-electron chi connectivity index (χ3n) is 3.72. The molecule has 0 radical (unpaired) electrons. The fraction of sp³-hybridized carbons (Fsp3) is 0.176. The average molecular weight is 358 g/mol. The molecule has 1 aromatic carbocycles. The van der Waals surface area contributed by atoms with Gasteiger partial charge in [0.25, 0.3) is 0 Å². The van der Waals surface area contributed by atoms with Gasteiger partial charge in [0.2, 0.25) is 5.91 Å². The summed E-state index contributed by atoms with van der Waals surface area (Å²) >= 11 is 3.61. The van der Waals surface area contributed by atoms with Crippen molar-refractivity contribution in [2.45, 2.75) is 20.4 Å². The number of hydrogen-bond donors (Lipinski definition) is 1. The number of halogens is 1. The number of rotatable bonds is 3. The van der Waals surface area contributed by atoms with Crippen LogP contribution in [0.25, 0.3) is 10.9 Å². The van der Waals surface area contributed by atoms with Crippen molar-refractivity contribution >= 4 is 38.6 Å². The monoisotopic (exact) mass is 357 g/mol. The first-order valence-corrected chi connectivity index (χ1v) is 7.82. The van der Waals surface area contributed by atoms with Crippen molar-refractivity contribution in [2.75, 3.05) is 5.32 Å². The molecule has 1 N–H and O–H groups in total. The van der Waals surface area contributed by atoms with Crippen LogP contribution in [-0.4, -0.2) is 15.5 Å². The van der Waals surface area contributed by atoms with Crippen LogP contribution >= 0.6 is 15.9 Å². The standard InChI is InChI=1S/C17H16BrN3O/c1-11-6-5-9-19-17(11)20-15(22)10-21-12(2)16(18)13-7-3-4-8-14(13)21/h3-9H,10H2,1-2H3,(H,19,20,22). The van der Waals surface area contributed by atoms with Crippen LogP contribution < -0.4 is 5.32 Å². The smallest absolute Gasteiger partial charge is 0.245 e. The summed E-state index contributed by atoms with van der Waals surface area (Å²) in [5.41, 5.74) is 3.03. The van der Waals surface area contributed by atoms with Crippen LogP contribution in [0.15, 0.2) is 47.1 Å². The number of nitrogens with one attached hydrogen (secondary N) is 1. The number of hydrogen-bond acceptors (Lipinski definition) is 2. The molecule has 1 amide bonds. The molecule has 0 aliphatic heterocycles.